The summed E-state index contributed by atoms with van der Waals surface area (Å²) in [7, 11) is -4.33. The van der Waals surface area contributed by atoms with Crippen LogP contribution in [0.1, 0.15) is 26.2 Å². The molecule has 1 rings (SSSR count). The maximum absolute atomic E-state index is 12.5. The summed E-state index contributed by atoms with van der Waals surface area (Å²) in [6.45, 7) is 3.44. The zero-order valence-electron chi connectivity index (χ0n) is 7.85. The summed E-state index contributed by atoms with van der Waals surface area (Å²) in [5.41, 5.74) is -0.369. The first-order chi connectivity index (χ1) is 5.97. The van der Waals surface area contributed by atoms with Crippen molar-refractivity contribution in [3.63, 3.8) is 0 Å². The predicted molar refractivity (Wildman–Crippen MR) is 49.7 cm³/mol. The van der Waals surface area contributed by atoms with Gasteiger partial charge in [0.05, 0.1) is 5.75 Å². The summed E-state index contributed by atoms with van der Waals surface area (Å²) in [5, 5.41) is 3.12. The number of hydrogen-bond donors (Lipinski definition) is 1. The van der Waals surface area contributed by atoms with Gasteiger partial charge in [0, 0.05) is 6.54 Å². The van der Waals surface area contributed by atoms with Crippen molar-refractivity contribution in [2.24, 2.45) is 5.41 Å². The van der Waals surface area contributed by atoms with Gasteiger partial charge in [-0.3, -0.25) is 0 Å². The zero-order valence-corrected chi connectivity index (χ0v) is 8.66. The second-order valence-corrected chi connectivity index (χ2v) is 5.18. The highest BCUT2D eigenvalue weighted by atomic mass is 32.3. The van der Waals surface area contributed by atoms with Gasteiger partial charge in [0.1, 0.15) is 0 Å². The molecule has 0 bridgehead atoms. The van der Waals surface area contributed by atoms with Crippen LogP contribution in [0.3, 0.4) is 0 Å². The molecule has 0 aromatic carbocycles. The lowest BCUT2D eigenvalue weighted by Crippen LogP contribution is -2.43. The van der Waals surface area contributed by atoms with Crippen LogP contribution >= 0.6 is 0 Å². The van der Waals surface area contributed by atoms with Crippen molar-refractivity contribution in [3.05, 3.63) is 0 Å². The van der Waals surface area contributed by atoms with Gasteiger partial charge in [0.15, 0.2) is 0 Å². The number of hydrogen-bond acceptors (Lipinski definition) is 3. The fraction of sp³-hybridized carbons (Fsp3) is 1.00. The lowest BCUT2D eigenvalue weighted by Gasteiger charge is -2.35. The molecule has 0 radical (unpaired) electrons. The van der Waals surface area contributed by atoms with E-state index in [1.807, 2.05) is 6.92 Å². The molecular formula is C8H16FNO2S. The van der Waals surface area contributed by atoms with Crippen molar-refractivity contribution in [2.45, 2.75) is 26.2 Å². The first-order valence-electron chi connectivity index (χ1n) is 4.60. The van der Waals surface area contributed by atoms with Crippen LogP contribution in [0.5, 0.6) is 0 Å². The fourth-order valence-corrected chi connectivity index (χ4v) is 3.11. The van der Waals surface area contributed by atoms with Gasteiger partial charge in [-0.2, -0.15) is 8.42 Å². The molecule has 1 fully saturated rings. The maximum atomic E-state index is 12.5. The summed E-state index contributed by atoms with van der Waals surface area (Å²) >= 11 is 0. The Labute approximate surface area is 78.9 Å². The maximum Gasteiger partial charge on any atom is 0.303 e. The first kappa shape index (κ1) is 10.9. The van der Waals surface area contributed by atoms with E-state index in [2.05, 4.69) is 5.32 Å². The Morgan fingerprint density at radius 1 is 1.54 bits per heavy atom. The van der Waals surface area contributed by atoms with Crippen molar-refractivity contribution in [1.29, 1.82) is 0 Å². The van der Waals surface area contributed by atoms with E-state index in [1.54, 1.807) is 0 Å². The van der Waals surface area contributed by atoms with Crippen LogP contribution in [-0.2, 0) is 10.2 Å². The smallest absolute Gasteiger partial charge is 0.303 e. The molecule has 5 heteroatoms. The van der Waals surface area contributed by atoms with Gasteiger partial charge in [-0.15, -0.1) is 3.89 Å². The topological polar surface area (TPSA) is 46.2 Å². The number of piperidine rings is 1. The minimum atomic E-state index is -4.33. The monoisotopic (exact) mass is 209 g/mol. The normalized spacial score (nSPS) is 30.3. The summed E-state index contributed by atoms with van der Waals surface area (Å²) in [4.78, 5) is 0. The highest BCUT2D eigenvalue weighted by Crippen LogP contribution is 2.31. The van der Waals surface area contributed by atoms with Crippen molar-refractivity contribution < 1.29 is 12.3 Å². The van der Waals surface area contributed by atoms with E-state index in [4.69, 9.17) is 0 Å². The SMILES string of the molecule is CCC1(CS(=O)(=O)F)CCCNC1. The largest absolute Gasteiger partial charge is 0.316 e. The zero-order chi connectivity index (χ0) is 9.95. The van der Waals surface area contributed by atoms with Crippen LogP contribution in [0.2, 0.25) is 0 Å². The lowest BCUT2D eigenvalue weighted by atomic mass is 9.80. The first-order valence-corrected chi connectivity index (χ1v) is 6.16. The average molecular weight is 209 g/mol. The Kier molecular flexibility index (Phi) is 3.29. The van der Waals surface area contributed by atoms with Gasteiger partial charge in [-0.05, 0) is 31.2 Å². The Balaban J connectivity index is 2.68. The van der Waals surface area contributed by atoms with Gasteiger partial charge in [-0.25, -0.2) is 0 Å². The minimum absolute atomic E-state index is 0.330. The van der Waals surface area contributed by atoms with Crippen LogP contribution in [0, 0.1) is 5.41 Å². The number of halogens is 1. The van der Waals surface area contributed by atoms with E-state index < -0.39 is 10.2 Å². The van der Waals surface area contributed by atoms with Gasteiger partial charge in [0.2, 0.25) is 0 Å². The summed E-state index contributed by atoms with van der Waals surface area (Å²) in [5.74, 6) is -0.330. The molecule has 1 atom stereocenters. The van der Waals surface area contributed by atoms with Crippen molar-refractivity contribution in [3.8, 4) is 0 Å². The molecule has 0 aromatic heterocycles. The third kappa shape index (κ3) is 3.23. The Hall–Kier alpha value is -0.160. The van der Waals surface area contributed by atoms with E-state index in [9.17, 15) is 12.3 Å². The molecule has 0 saturated carbocycles. The molecule has 1 unspecified atom stereocenters. The van der Waals surface area contributed by atoms with Crippen LogP contribution < -0.4 is 5.32 Å². The van der Waals surface area contributed by atoms with Gasteiger partial charge < -0.3 is 5.32 Å². The second kappa shape index (κ2) is 3.92. The van der Waals surface area contributed by atoms with Gasteiger partial charge in [0.25, 0.3) is 0 Å². The molecule has 1 aliphatic rings. The molecule has 13 heavy (non-hydrogen) atoms. The van der Waals surface area contributed by atoms with Crippen molar-refractivity contribution in [2.75, 3.05) is 18.8 Å². The summed E-state index contributed by atoms with van der Waals surface area (Å²) in [6, 6.07) is 0. The molecule has 78 valence electrons. The number of rotatable bonds is 3. The molecule has 1 heterocycles. The molecule has 0 amide bonds. The predicted octanol–water partition coefficient (Wildman–Crippen LogP) is 1.07. The van der Waals surface area contributed by atoms with Crippen LogP contribution in [0.25, 0.3) is 0 Å². The molecule has 0 spiro atoms. The third-order valence-corrected chi connectivity index (χ3v) is 3.75. The van der Waals surface area contributed by atoms with Crippen LogP contribution in [-0.4, -0.2) is 27.3 Å². The molecule has 0 aromatic rings. The molecule has 3 nitrogen and oxygen atoms in total. The van der Waals surface area contributed by atoms with E-state index in [0.717, 1.165) is 19.4 Å². The van der Waals surface area contributed by atoms with Crippen LogP contribution in [0.4, 0.5) is 3.89 Å². The number of nitrogens with one attached hydrogen (secondary N) is 1. The van der Waals surface area contributed by atoms with E-state index in [0.29, 0.717) is 13.0 Å². The highest BCUT2D eigenvalue weighted by molar-refractivity contribution is 7.86. The van der Waals surface area contributed by atoms with Crippen LogP contribution in [0.15, 0.2) is 0 Å². The minimum Gasteiger partial charge on any atom is -0.316 e. The molecule has 1 N–H and O–H groups in total. The molecular weight excluding hydrogens is 193 g/mol. The Morgan fingerprint density at radius 3 is 2.62 bits per heavy atom. The Bertz CT molecular complexity index is 257. The summed E-state index contributed by atoms with van der Waals surface area (Å²) < 4.78 is 33.7. The molecule has 0 aliphatic carbocycles. The third-order valence-electron chi connectivity index (χ3n) is 2.79. The molecule has 1 saturated heterocycles. The standard InChI is InChI=1S/C8H16FNO2S/c1-2-8(7-13(9,11)12)4-3-5-10-6-8/h10H,2-7H2,1H3. The second-order valence-electron chi connectivity index (χ2n) is 3.82. The summed E-state index contributed by atoms with van der Waals surface area (Å²) in [6.07, 6.45) is 2.45. The Morgan fingerprint density at radius 2 is 2.23 bits per heavy atom. The van der Waals surface area contributed by atoms with E-state index in [-0.39, 0.29) is 11.2 Å². The van der Waals surface area contributed by atoms with Crippen molar-refractivity contribution >= 4 is 10.2 Å². The fourth-order valence-electron chi connectivity index (χ4n) is 1.92. The van der Waals surface area contributed by atoms with Gasteiger partial charge in [-0.1, -0.05) is 6.92 Å². The quantitative estimate of drug-likeness (QED) is 0.707. The van der Waals surface area contributed by atoms with Gasteiger partial charge >= 0.3 is 10.2 Å². The molecule has 1 aliphatic heterocycles. The average Bonchev–Trinajstić information content (AvgIpc) is 2.03. The lowest BCUT2D eigenvalue weighted by molar-refractivity contribution is 0.228. The van der Waals surface area contributed by atoms with E-state index >= 15 is 0 Å². The van der Waals surface area contributed by atoms with E-state index in [1.165, 1.54) is 0 Å². The highest BCUT2D eigenvalue weighted by Gasteiger charge is 2.35. The van der Waals surface area contributed by atoms with Crippen molar-refractivity contribution in [1.82, 2.24) is 5.32 Å².